The molecule has 0 unspecified atom stereocenters. The lowest BCUT2D eigenvalue weighted by Gasteiger charge is -2.32. The van der Waals surface area contributed by atoms with E-state index in [1.807, 2.05) is 0 Å². The minimum absolute atomic E-state index is 0.159. The molecule has 0 spiro atoms. The second-order valence-corrected chi connectivity index (χ2v) is 6.67. The van der Waals surface area contributed by atoms with Gasteiger partial charge in [0.2, 0.25) is 0 Å². The minimum Gasteiger partial charge on any atom is -0.810 e. The quantitative estimate of drug-likeness (QED) is 0.608. The number of halogens is 5. The van der Waals surface area contributed by atoms with Crippen LogP contribution in [0.2, 0.25) is 0 Å². The first kappa shape index (κ1) is 19.3. The van der Waals surface area contributed by atoms with Crippen LogP contribution in [-0.2, 0) is 4.57 Å². The maximum Gasteiger partial charge on any atom is 0.413 e. The Morgan fingerprint density at radius 3 is 1.48 bits per heavy atom. The van der Waals surface area contributed by atoms with Crippen molar-refractivity contribution in [2.24, 2.45) is 0 Å². The predicted molar refractivity (Wildman–Crippen MR) is 77.4 cm³/mol. The largest absolute Gasteiger partial charge is 0.810 e. The van der Waals surface area contributed by atoms with Crippen LogP contribution in [0.4, 0.5) is 22.0 Å². The van der Waals surface area contributed by atoms with Gasteiger partial charge in [-0.3, -0.25) is 0 Å². The molecule has 0 aliphatic heterocycles. The van der Waals surface area contributed by atoms with Crippen molar-refractivity contribution in [2.45, 2.75) is 6.18 Å². The van der Waals surface area contributed by atoms with Gasteiger partial charge in [0.1, 0.15) is 11.6 Å². The molecule has 0 aliphatic rings. The second kappa shape index (κ2) is 7.07. The molecule has 3 nitrogen and oxygen atoms in total. The van der Waals surface area contributed by atoms with E-state index in [2.05, 4.69) is 0 Å². The molecule has 0 atom stereocenters. The Kier molecular flexibility index (Phi) is 5.46. The standard InChI is InChI=1S/C16H12F5O3P/c17-12-5-1-10(2-6-12)15(11-3-7-13(18)8-4-11)14(16(19,20)21)9-25(22,23)24/h1-8H,9H2,(H2,22,23,24)/p-2. The van der Waals surface area contributed by atoms with Crippen LogP contribution in [0.5, 0.6) is 0 Å². The van der Waals surface area contributed by atoms with Crippen LogP contribution >= 0.6 is 7.60 Å². The van der Waals surface area contributed by atoms with Gasteiger partial charge in [-0.2, -0.15) is 13.2 Å². The predicted octanol–water partition coefficient (Wildman–Crippen LogP) is 3.24. The molecule has 0 heterocycles. The molecule has 2 aromatic carbocycles. The molecule has 0 amide bonds. The number of alkyl halides is 3. The van der Waals surface area contributed by atoms with Gasteiger partial charge >= 0.3 is 6.18 Å². The highest BCUT2D eigenvalue weighted by Crippen LogP contribution is 2.42. The summed E-state index contributed by atoms with van der Waals surface area (Å²) in [6.07, 6.45) is -6.91. The summed E-state index contributed by atoms with van der Waals surface area (Å²) in [5, 5.41) is 0. The number of hydrogen-bond acceptors (Lipinski definition) is 3. The zero-order valence-corrected chi connectivity index (χ0v) is 13.3. The third-order valence-electron chi connectivity index (χ3n) is 3.26. The highest BCUT2D eigenvalue weighted by molar-refractivity contribution is 7.49. The lowest BCUT2D eigenvalue weighted by molar-refractivity contribution is -0.313. The van der Waals surface area contributed by atoms with Gasteiger partial charge in [0.05, 0.1) is 0 Å². The minimum atomic E-state index is -5.56. The Balaban J connectivity index is 2.80. The van der Waals surface area contributed by atoms with Crippen molar-refractivity contribution >= 4 is 13.2 Å². The molecule has 0 saturated heterocycles. The zero-order chi connectivity index (χ0) is 18.8. The Morgan fingerprint density at radius 2 is 1.20 bits per heavy atom. The SMILES string of the molecule is O=P([O-])([O-])CC(=C(c1ccc(F)cc1)c1ccc(F)cc1)C(F)(F)F. The number of benzene rings is 2. The van der Waals surface area contributed by atoms with Crippen LogP contribution < -0.4 is 9.79 Å². The molecule has 0 radical (unpaired) electrons. The van der Waals surface area contributed by atoms with Gasteiger partial charge in [-0.25, -0.2) is 8.78 Å². The van der Waals surface area contributed by atoms with Gasteiger partial charge in [0.25, 0.3) is 0 Å². The van der Waals surface area contributed by atoms with Crippen molar-refractivity contribution in [3.8, 4) is 0 Å². The average Bonchev–Trinajstić information content (AvgIpc) is 2.48. The maximum absolute atomic E-state index is 13.4. The summed E-state index contributed by atoms with van der Waals surface area (Å²) in [7, 11) is -5.56. The van der Waals surface area contributed by atoms with E-state index in [0.717, 1.165) is 48.5 Å². The Bertz CT molecular complexity index is 773. The molecule has 0 saturated carbocycles. The summed E-state index contributed by atoms with van der Waals surface area (Å²) in [6.45, 7) is 0. The van der Waals surface area contributed by atoms with Crippen molar-refractivity contribution in [3.05, 3.63) is 76.9 Å². The Morgan fingerprint density at radius 1 is 0.840 bits per heavy atom. The van der Waals surface area contributed by atoms with Crippen molar-refractivity contribution in [1.82, 2.24) is 0 Å². The summed E-state index contributed by atoms with van der Waals surface area (Å²) in [4.78, 5) is 22.0. The summed E-state index contributed by atoms with van der Waals surface area (Å²) in [5.74, 6) is -1.43. The average molecular weight is 376 g/mol. The van der Waals surface area contributed by atoms with Crippen LogP contribution in [0.3, 0.4) is 0 Å². The smallest absolute Gasteiger partial charge is 0.413 e. The molecule has 0 aliphatic carbocycles. The first-order valence-corrected chi connectivity index (χ1v) is 8.53. The first-order valence-electron chi connectivity index (χ1n) is 6.81. The Labute approximate surface area is 139 Å². The topological polar surface area (TPSA) is 63.2 Å². The molecule has 25 heavy (non-hydrogen) atoms. The summed E-state index contributed by atoms with van der Waals surface area (Å²) >= 11 is 0. The van der Waals surface area contributed by atoms with Gasteiger partial charge in [0, 0.05) is 11.7 Å². The van der Waals surface area contributed by atoms with E-state index in [9.17, 15) is 36.3 Å². The lowest BCUT2D eigenvalue weighted by Crippen LogP contribution is -2.25. The summed E-state index contributed by atoms with van der Waals surface area (Å²) in [6, 6.07) is 7.62. The first-order chi connectivity index (χ1) is 11.5. The van der Waals surface area contributed by atoms with Gasteiger partial charge in [-0.15, -0.1) is 0 Å². The number of allylic oxidation sites excluding steroid dienone is 1. The third-order valence-corrected chi connectivity index (χ3v) is 3.97. The highest BCUT2D eigenvalue weighted by atomic mass is 31.2. The fraction of sp³-hybridized carbons (Fsp3) is 0.125. The molecule has 0 N–H and O–H groups in total. The van der Waals surface area contributed by atoms with Crippen molar-refractivity contribution in [3.63, 3.8) is 0 Å². The van der Waals surface area contributed by atoms with Crippen LogP contribution in [0.25, 0.3) is 5.57 Å². The van der Waals surface area contributed by atoms with E-state index >= 15 is 0 Å². The van der Waals surface area contributed by atoms with Gasteiger partial charge in [0.15, 0.2) is 0 Å². The fourth-order valence-electron chi connectivity index (χ4n) is 2.25. The normalized spacial score (nSPS) is 12.1. The molecule has 0 fully saturated rings. The van der Waals surface area contributed by atoms with E-state index in [0.29, 0.717) is 0 Å². The molecule has 2 rings (SSSR count). The monoisotopic (exact) mass is 376 g/mol. The molecule has 0 aromatic heterocycles. The number of hydrogen-bond donors (Lipinski definition) is 0. The van der Waals surface area contributed by atoms with Crippen molar-refractivity contribution in [1.29, 1.82) is 0 Å². The van der Waals surface area contributed by atoms with Gasteiger partial charge < -0.3 is 14.4 Å². The Hall–Kier alpha value is -2.02. The van der Waals surface area contributed by atoms with Crippen LogP contribution in [-0.4, -0.2) is 12.3 Å². The van der Waals surface area contributed by atoms with E-state index < -0.39 is 42.7 Å². The van der Waals surface area contributed by atoms with Crippen LogP contribution in [0.15, 0.2) is 54.1 Å². The molecular formula is C16H10F5O3P-2. The van der Waals surface area contributed by atoms with E-state index in [4.69, 9.17) is 0 Å². The van der Waals surface area contributed by atoms with Gasteiger partial charge in [-0.05, 0) is 41.0 Å². The van der Waals surface area contributed by atoms with Crippen molar-refractivity contribution < 1.29 is 36.3 Å². The van der Waals surface area contributed by atoms with Gasteiger partial charge in [-0.1, -0.05) is 31.9 Å². The zero-order valence-electron chi connectivity index (χ0n) is 12.4. The molecule has 2 aromatic rings. The van der Waals surface area contributed by atoms with E-state index in [-0.39, 0.29) is 11.1 Å². The van der Waals surface area contributed by atoms with Crippen molar-refractivity contribution in [2.75, 3.05) is 6.16 Å². The maximum atomic E-state index is 13.4. The van der Waals surface area contributed by atoms with E-state index in [1.165, 1.54) is 0 Å². The molecule has 9 heteroatoms. The molecule has 0 bridgehead atoms. The fourth-order valence-corrected chi connectivity index (χ4v) is 2.98. The third kappa shape index (κ3) is 5.22. The second-order valence-electron chi connectivity index (χ2n) is 5.13. The van der Waals surface area contributed by atoms with E-state index in [1.54, 1.807) is 0 Å². The molecular weight excluding hydrogens is 366 g/mol. The lowest BCUT2D eigenvalue weighted by atomic mass is 9.93. The van der Waals surface area contributed by atoms with Crippen LogP contribution in [0, 0.1) is 11.6 Å². The summed E-state index contributed by atoms with van der Waals surface area (Å²) < 4.78 is 77.4. The highest BCUT2D eigenvalue weighted by Gasteiger charge is 2.37. The molecule has 134 valence electrons. The number of rotatable bonds is 4. The summed E-state index contributed by atoms with van der Waals surface area (Å²) in [5.41, 5.74) is -2.54. The van der Waals surface area contributed by atoms with Crippen LogP contribution in [0.1, 0.15) is 11.1 Å².